The van der Waals surface area contributed by atoms with Crippen LogP contribution in [0, 0.1) is 5.92 Å². The summed E-state index contributed by atoms with van der Waals surface area (Å²) in [5.74, 6) is -0.0266. The Morgan fingerprint density at radius 1 is 1.62 bits per heavy atom. The summed E-state index contributed by atoms with van der Waals surface area (Å²) >= 11 is 0. The van der Waals surface area contributed by atoms with Gasteiger partial charge in [-0.25, -0.2) is 13.6 Å². The van der Waals surface area contributed by atoms with Gasteiger partial charge in [0.05, 0.1) is 11.9 Å². The van der Waals surface area contributed by atoms with Crippen LogP contribution in [0.4, 0.5) is 0 Å². The third kappa shape index (κ3) is 2.79. The molecule has 0 amide bonds. The van der Waals surface area contributed by atoms with Crippen LogP contribution in [0.2, 0.25) is 0 Å². The average Bonchev–Trinajstić information content (AvgIpc) is 2.04. The van der Waals surface area contributed by atoms with Crippen molar-refractivity contribution < 1.29 is 13.2 Å². The Bertz CT molecular complexity index is 273. The van der Waals surface area contributed by atoms with Crippen molar-refractivity contribution in [2.75, 3.05) is 13.2 Å². The predicted octanol–water partition coefficient (Wildman–Crippen LogP) is 0.256. The van der Waals surface area contributed by atoms with Crippen LogP contribution < -0.4 is 5.14 Å². The van der Waals surface area contributed by atoms with Gasteiger partial charge in [-0.2, -0.15) is 0 Å². The number of primary sulfonamides is 1. The van der Waals surface area contributed by atoms with Gasteiger partial charge in [-0.1, -0.05) is 6.08 Å². The van der Waals surface area contributed by atoms with Crippen molar-refractivity contribution in [1.29, 1.82) is 0 Å². The zero-order valence-corrected chi connectivity index (χ0v) is 8.29. The van der Waals surface area contributed by atoms with Crippen molar-refractivity contribution in [3.8, 4) is 0 Å². The maximum Gasteiger partial charge on any atom is 0.212 e. The largest absolute Gasteiger partial charge is 0.381 e. The third-order valence-corrected chi connectivity index (χ3v) is 3.76. The lowest BCUT2D eigenvalue weighted by Gasteiger charge is -2.28. The Morgan fingerprint density at radius 3 is 2.85 bits per heavy atom. The molecule has 1 rings (SSSR count). The molecule has 0 aromatic carbocycles. The quantitative estimate of drug-likeness (QED) is 0.672. The smallest absolute Gasteiger partial charge is 0.212 e. The molecule has 76 valence electrons. The molecule has 1 aliphatic rings. The highest BCUT2D eigenvalue weighted by atomic mass is 32.2. The second kappa shape index (κ2) is 4.21. The van der Waals surface area contributed by atoms with Crippen LogP contribution in [0.1, 0.15) is 12.8 Å². The zero-order chi connectivity index (χ0) is 9.90. The van der Waals surface area contributed by atoms with E-state index in [0.29, 0.717) is 26.1 Å². The average molecular weight is 205 g/mol. The fraction of sp³-hybridized carbons (Fsp3) is 0.750. The minimum Gasteiger partial charge on any atom is -0.381 e. The fourth-order valence-electron chi connectivity index (χ4n) is 1.64. The molecule has 1 aliphatic heterocycles. The summed E-state index contributed by atoms with van der Waals surface area (Å²) in [5.41, 5.74) is 0. The molecule has 2 N–H and O–H groups in total. The van der Waals surface area contributed by atoms with Crippen molar-refractivity contribution >= 4 is 10.0 Å². The van der Waals surface area contributed by atoms with Crippen LogP contribution in [0.3, 0.4) is 0 Å². The molecule has 1 fully saturated rings. The van der Waals surface area contributed by atoms with E-state index in [-0.39, 0.29) is 5.92 Å². The predicted molar refractivity (Wildman–Crippen MR) is 50.6 cm³/mol. The van der Waals surface area contributed by atoms with Gasteiger partial charge in [-0.05, 0) is 12.8 Å². The molecule has 4 nitrogen and oxygen atoms in total. The van der Waals surface area contributed by atoms with Gasteiger partial charge in [-0.3, -0.25) is 0 Å². The zero-order valence-electron chi connectivity index (χ0n) is 7.48. The minimum absolute atomic E-state index is 0.0266. The molecule has 1 heterocycles. The van der Waals surface area contributed by atoms with Gasteiger partial charge >= 0.3 is 0 Å². The SMILES string of the molecule is C=CCC1COCCC1S(N)(=O)=O. The molecule has 0 spiro atoms. The van der Waals surface area contributed by atoms with E-state index in [1.165, 1.54) is 0 Å². The lowest BCUT2D eigenvalue weighted by Crippen LogP contribution is -2.41. The number of sulfonamides is 1. The van der Waals surface area contributed by atoms with E-state index < -0.39 is 15.3 Å². The lowest BCUT2D eigenvalue weighted by atomic mass is 9.98. The Balaban J connectivity index is 2.73. The monoisotopic (exact) mass is 205 g/mol. The first kappa shape index (κ1) is 10.7. The van der Waals surface area contributed by atoms with Crippen LogP contribution in [0.5, 0.6) is 0 Å². The summed E-state index contributed by atoms with van der Waals surface area (Å²) in [4.78, 5) is 0. The maximum absolute atomic E-state index is 11.2. The van der Waals surface area contributed by atoms with E-state index in [2.05, 4.69) is 6.58 Å². The van der Waals surface area contributed by atoms with E-state index in [4.69, 9.17) is 9.88 Å². The molecule has 0 radical (unpaired) electrons. The molecule has 0 saturated carbocycles. The molecular weight excluding hydrogens is 190 g/mol. The first-order valence-corrected chi connectivity index (χ1v) is 5.87. The molecule has 2 atom stereocenters. The van der Waals surface area contributed by atoms with Crippen LogP contribution in [0.25, 0.3) is 0 Å². The van der Waals surface area contributed by atoms with Crippen molar-refractivity contribution in [2.45, 2.75) is 18.1 Å². The third-order valence-electron chi connectivity index (χ3n) is 2.30. The molecule has 0 aromatic heterocycles. The second-order valence-corrected chi connectivity index (χ2v) is 5.06. The summed E-state index contributed by atoms with van der Waals surface area (Å²) in [6.07, 6.45) is 2.84. The molecule has 1 saturated heterocycles. The van der Waals surface area contributed by atoms with E-state index in [1.807, 2.05) is 0 Å². The minimum atomic E-state index is -3.43. The summed E-state index contributed by atoms with van der Waals surface area (Å²) in [6, 6.07) is 0. The van der Waals surface area contributed by atoms with Gasteiger partial charge in [0, 0.05) is 12.5 Å². The molecule has 2 unspecified atom stereocenters. The van der Waals surface area contributed by atoms with Crippen molar-refractivity contribution in [2.24, 2.45) is 11.1 Å². The fourth-order valence-corrected chi connectivity index (χ4v) is 2.79. The molecule has 0 bridgehead atoms. The van der Waals surface area contributed by atoms with Crippen molar-refractivity contribution in [3.05, 3.63) is 12.7 Å². The molecule has 5 heteroatoms. The van der Waals surface area contributed by atoms with Gasteiger partial charge in [0.2, 0.25) is 10.0 Å². The van der Waals surface area contributed by atoms with E-state index in [9.17, 15) is 8.42 Å². The standard InChI is InChI=1S/C8H15NO3S/c1-2-3-7-6-12-5-4-8(7)13(9,10)11/h2,7-8H,1,3-6H2,(H2,9,10,11). The number of nitrogens with two attached hydrogens (primary N) is 1. The summed E-state index contributed by atoms with van der Waals surface area (Å²) in [5, 5.41) is 4.65. The van der Waals surface area contributed by atoms with Crippen LogP contribution in [-0.4, -0.2) is 26.9 Å². The van der Waals surface area contributed by atoms with E-state index in [1.54, 1.807) is 6.08 Å². The summed E-state index contributed by atoms with van der Waals surface area (Å²) < 4.78 is 27.5. The van der Waals surface area contributed by atoms with E-state index in [0.717, 1.165) is 0 Å². The molecular formula is C8H15NO3S. The summed E-state index contributed by atoms with van der Waals surface area (Å²) in [7, 11) is -3.43. The van der Waals surface area contributed by atoms with Crippen LogP contribution in [0.15, 0.2) is 12.7 Å². The Morgan fingerprint density at radius 2 is 2.31 bits per heavy atom. The Hall–Kier alpha value is -0.390. The Kier molecular flexibility index (Phi) is 3.47. The second-order valence-electron chi connectivity index (χ2n) is 3.28. The van der Waals surface area contributed by atoms with Crippen molar-refractivity contribution in [3.63, 3.8) is 0 Å². The summed E-state index contributed by atoms with van der Waals surface area (Å²) in [6.45, 7) is 4.53. The maximum atomic E-state index is 11.2. The molecule has 13 heavy (non-hydrogen) atoms. The first-order chi connectivity index (χ1) is 6.05. The highest BCUT2D eigenvalue weighted by Crippen LogP contribution is 2.23. The van der Waals surface area contributed by atoms with Gasteiger partial charge in [0.25, 0.3) is 0 Å². The highest BCUT2D eigenvalue weighted by molar-refractivity contribution is 7.89. The highest BCUT2D eigenvalue weighted by Gasteiger charge is 2.32. The van der Waals surface area contributed by atoms with Gasteiger partial charge in [0.15, 0.2) is 0 Å². The number of ether oxygens (including phenoxy) is 1. The topological polar surface area (TPSA) is 69.4 Å². The van der Waals surface area contributed by atoms with Crippen LogP contribution >= 0.6 is 0 Å². The van der Waals surface area contributed by atoms with Crippen molar-refractivity contribution in [1.82, 2.24) is 0 Å². The number of hydrogen-bond donors (Lipinski definition) is 1. The normalized spacial score (nSPS) is 29.9. The number of rotatable bonds is 3. The van der Waals surface area contributed by atoms with Crippen LogP contribution in [-0.2, 0) is 14.8 Å². The Labute approximate surface area is 78.8 Å². The molecule has 0 aliphatic carbocycles. The lowest BCUT2D eigenvalue weighted by molar-refractivity contribution is 0.0582. The van der Waals surface area contributed by atoms with Gasteiger partial charge < -0.3 is 4.74 Å². The first-order valence-electron chi connectivity index (χ1n) is 4.26. The number of allylic oxidation sites excluding steroid dienone is 1. The number of hydrogen-bond acceptors (Lipinski definition) is 3. The van der Waals surface area contributed by atoms with Gasteiger partial charge in [0.1, 0.15) is 0 Å². The molecule has 0 aromatic rings. The van der Waals surface area contributed by atoms with E-state index >= 15 is 0 Å². The van der Waals surface area contributed by atoms with Gasteiger partial charge in [-0.15, -0.1) is 6.58 Å².